The highest BCUT2D eigenvalue weighted by atomic mass is 16.6. The second kappa shape index (κ2) is 3.80. The zero-order valence-corrected chi connectivity index (χ0v) is 8.07. The van der Waals surface area contributed by atoms with Gasteiger partial charge >= 0.3 is 5.97 Å². The Morgan fingerprint density at radius 2 is 2.07 bits per heavy atom. The number of carbonyl (C=O) groups excluding carboxylic acids is 1. The summed E-state index contributed by atoms with van der Waals surface area (Å²) in [5.74, 6) is -0.152. The third kappa shape index (κ3) is 1.93. The second-order valence-corrected chi connectivity index (χ2v) is 3.49. The predicted octanol–water partition coefficient (Wildman–Crippen LogP) is 1.09. The number of hydrogen-bond donors (Lipinski definition) is 1. The fourth-order valence-corrected chi connectivity index (χ4v) is 1.63. The molecule has 3 heteroatoms. The minimum absolute atomic E-state index is 0.152. The first-order valence-electron chi connectivity index (χ1n) is 4.76. The van der Waals surface area contributed by atoms with Crippen LogP contribution < -0.4 is 5.32 Å². The van der Waals surface area contributed by atoms with Crippen molar-refractivity contribution in [3.05, 3.63) is 35.9 Å². The summed E-state index contributed by atoms with van der Waals surface area (Å²) >= 11 is 0. The largest absolute Gasteiger partial charge is 0.446 e. The number of esters is 1. The summed E-state index contributed by atoms with van der Waals surface area (Å²) in [5, 5.41) is 3.08. The lowest BCUT2D eigenvalue weighted by Gasteiger charge is -2.05. The van der Waals surface area contributed by atoms with Crippen LogP contribution in [0.4, 0.5) is 0 Å². The topological polar surface area (TPSA) is 38.3 Å². The van der Waals surface area contributed by atoms with E-state index in [1.807, 2.05) is 37.3 Å². The summed E-state index contributed by atoms with van der Waals surface area (Å²) in [7, 11) is 0. The van der Waals surface area contributed by atoms with Gasteiger partial charge < -0.3 is 4.74 Å². The average Bonchev–Trinajstić information content (AvgIpc) is 2.47. The lowest BCUT2D eigenvalue weighted by Crippen LogP contribution is -2.32. The van der Waals surface area contributed by atoms with Crippen LogP contribution in [0.1, 0.15) is 12.5 Å². The van der Waals surface area contributed by atoms with E-state index in [-0.39, 0.29) is 18.2 Å². The first kappa shape index (κ1) is 9.21. The van der Waals surface area contributed by atoms with Crippen LogP contribution in [0.2, 0.25) is 0 Å². The molecule has 0 saturated carbocycles. The Kier molecular flexibility index (Phi) is 2.50. The number of hydrogen-bond acceptors (Lipinski definition) is 3. The fraction of sp³-hybridized carbons (Fsp3) is 0.364. The van der Waals surface area contributed by atoms with Crippen LogP contribution in [0.3, 0.4) is 0 Å². The normalized spacial score (nSPS) is 26.2. The van der Waals surface area contributed by atoms with Crippen molar-refractivity contribution < 1.29 is 9.53 Å². The van der Waals surface area contributed by atoms with E-state index >= 15 is 0 Å². The van der Waals surface area contributed by atoms with Crippen molar-refractivity contribution in [2.45, 2.75) is 25.6 Å². The van der Waals surface area contributed by atoms with Gasteiger partial charge in [0.1, 0.15) is 6.04 Å². The quantitative estimate of drug-likeness (QED) is 0.711. The molecule has 1 heterocycles. The minimum atomic E-state index is -0.188. The maximum Gasteiger partial charge on any atom is 0.325 e. The van der Waals surface area contributed by atoms with Gasteiger partial charge in [0, 0.05) is 0 Å². The molecular weight excluding hydrogens is 178 g/mol. The van der Waals surface area contributed by atoms with E-state index in [0.29, 0.717) is 6.42 Å². The van der Waals surface area contributed by atoms with E-state index in [2.05, 4.69) is 5.32 Å². The number of cyclic esters (lactones) is 1. The van der Waals surface area contributed by atoms with E-state index < -0.39 is 0 Å². The molecule has 1 aromatic carbocycles. The van der Waals surface area contributed by atoms with E-state index in [0.717, 1.165) is 5.56 Å². The molecule has 0 radical (unpaired) electrons. The summed E-state index contributed by atoms with van der Waals surface area (Å²) in [6.07, 6.45) is 0.542. The Labute approximate surface area is 83.1 Å². The van der Waals surface area contributed by atoms with Crippen LogP contribution >= 0.6 is 0 Å². The first-order valence-corrected chi connectivity index (χ1v) is 4.76. The monoisotopic (exact) mass is 191 g/mol. The molecule has 0 aromatic heterocycles. The maximum absolute atomic E-state index is 11.3. The van der Waals surface area contributed by atoms with E-state index in [9.17, 15) is 4.79 Å². The summed E-state index contributed by atoms with van der Waals surface area (Å²) in [6, 6.07) is 9.74. The first-order chi connectivity index (χ1) is 6.75. The third-order valence-electron chi connectivity index (χ3n) is 2.30. The molecule has 1 aliphatic heterocycles. The molecule has 14 heavy (non-hydrogen) atoms. The molecule has 74 valence electrons. The number of rotatable bonds is 2. The molecule has 2 atom stereocenters. The Morgan fingerprint density at radius 3 is 2.64 bits per heavy atom. The van der Waals surface area contributed by atoms with Crippen molar-refractivity contribution in [1.29, 1.82) is 0 Å². The van der Waals surface area contributed by atoms with Gasteiger partial charge in [-0.05, 0) is 18.9 Å². The van der Waals surface area contributed by atoms with Crippen molar-refractivity contribution in [1.82, 2.24) is 5.32 Å². The summed E-state index contributed by atoms with van der Waals surface area (Å²) in [6.45, 7) is 1.84. The smallest absolute Gasteiger partial charge is 0.325 e. The highest BCUT2D eigenvalue weighted by Gasteiger charge is 2.30. The van der Waals surface area contributed by atoms with Crippen LogP contribution in [0, 0.1) is 0 Å². The minimum Gasteiger partial charge on any atom is -0.446 e. The Morgan fingerprint density at radius 1 is 1.36 bits per heavy atom. The standard InChI is InChI=1S/C11H13NO2/c1-8-12-10(11(13)14-8)7-9-5-3-2-4-6-9/h2-6,8,10,12H,7H2,1H3/t8?,10-/m0/s1. The van der Waals surface area contributed by atoms with Crippen LogP contribution in [0.5, 0.6) is 0 Å². The summed E-state index contributed by atoms with van der Waals surface area (Å²) in [4.78, 5) is 11.3. The molecule has 1 unspecified atom stereocenters. The van der Waals surface area contributed by atoms with Crippen molar-refractivity contribution in [3.63, 3.8) is 0 Å². The van der Waals surface area contributed by atoms with Gasteiger partial charge in [-0.3, -0.25) is 10.1 Å². The van der Waals surface area contributed by atoms with E-state index in [1.54, 1.807) is 0 Å². The molecular formula is C11H13NO2. The maximum atomic E-state index is 11.3. The zero-order chi connectivity index (χ0) is 9.97. The van der Waals surface area contributed by atoms with E-state index in [4.69, 9.17) is 4.74 Å². The lowest BCUT2D eigenvalue weighted by molar-refractivity contribution is -0.141. The molecule has 3 nitrogen and oxygen atoms in total. The van der Waals surface area contributed by atoms with E-state index in [1.165, 1.54) is 0 Å². The van der Waals surface area contributed by atoms with Gasteiger partial charge in [-0.2, -0.15) is 0 Å². The van der Waals surface area contributed by atoms with Gasteiger partial charge in [0.2, 0.25) is 0 Å². The van der Waals surface area contributed by atoms with Crippen molar-refractivity contribution in [3.8, 4) is 0 Å². The lowest BCUT2D eigenvalue weighted by atomic mass is 10.1. The average molecular weight is 191 g/mol. The Bertz CT molecular complexity index is 323. The molecule has 1 saturated heterocycles. The molecule has 0 spiro atoms. The second-order valence-electron chi connectivity index (χ2n) is 3.49. The number of carbonyl (C=O) groups is 1. The molecule has 1 aliphatic rings. The fourth-order valence-electron chi connectivity index (χ4n) is 1.63. The third-order valence-corrected chi connectivity index (χ3v) is 2.30. The molecule has 1 N–H and O–H groups in total. The molecule has 0 amide bonds. The number of benzene rings is 1. The summed E-state index contributed by atoms with van der Waals surface area (Å²) < 4.78 is 5.00. The molecule has 2 rings (SSSR count). The van der Waals surface area contributed by atoms with Gasteiger partial charge in [0.15, 0.2) is 6.23 Å². The predicted molar refractivity (Wildman–Crippen MR) is 52.6 cm³/mol. The molecule has 0 bridgehead atoms. The van der Waals surface area contributed by atoms with Gasteiger partial charge in [-0.1, -0.05) is 30.3 Å². The van der Waals surface area contributed by atoms with Gasteiger partial charge in [0.05, 0.1) is 0 Å². The zero-order valence-electron chi connectivity index (χ0n) is 8.07. The Balaban J connectivity index is 2.02. The molecule has 0 aliphatic carbocycles. The number of ether oxygens (including phenoxy) is 1. The van der Waals surface area contributed by atoms with Crippen LogP contribution in [0.15, 0.2) is 30.3 Å². The highest BCUT2D eigenvalue weighted by molar-refractivity contribution is 5.78. The van der Waals surface area contributed by atoms with Gasteiger partial charge in [-0.15, -0.1) is 0 Å². The summed E-state index contributed by atoms with van der Waals surface area (Å²) in [5.41, 5.74) is 1.15. The van der Waals surface area contributed by atoms with Crippen molar-refractivity contribution in [2.24, 2.45) is 0 Å². The van der Waals surface area contributed by atoms with Gasteiger partial charge in [0.25, 0.3) is 0 Å². The van der Waals surface area contributed by atoms with Gasteiger partial charge in [-0.25, -0.2) is 0 Å². The Hall–Kier alpha value is -1.35. The number of nitrogens with one attached hydrogen (secondary N) is 1. The van der Waals surface area contributed by atoms with Crippen LogP contribution in [-0.4, -0.2) is 18.2 Å². The van der Waals surface area contributed by atoms with Crippen molar-refractivity contribution >= 4 is 5.97 Å². The SMILES string of the molecule is CC1N[C@@H](Cc2ccccc2)C(=O)O1. The van der Waals surface area contributed by atoms with Crippen LogP contribution in [-0.2, 0) is 16.0 Å². The highest BCUT2D eigenvalue weighted by Crippen LogP contribution is 2.10. The van der Waals surface area contributed by atoms with Crippen LogP contribution in [0.25, 0.3) is 0 Å². The molecule has 1 fully saturated rings. The molecule has 1 aromatic rings. The van der Waals surface area contributed by atoms with Crippen molar-refractivity contribution in [2.75, 3.05) is 0 Å².